The summed E-state index contributed by atoms with van der Waals surface area (Å²) in [7, 11) is 0. The van der Waals surface area contributed by atoms with Gasteiger partial charge in [-0.15, -0.1) is 0 Å². The van der Waals surface area contributed by atoms with Gasteiger partial charge in [0.05, 0.1) is 76.9 Å². The van der Waals surface area contributed by atoms with Gasteiger partial charge in [0, 0.05) is 13.1 Å². The fraction of sp³-hybridized carbons (Fsp3) is 0.778. The standard InChI is InChI=1S/C10H16N2O8.2C4H11NO3/c13-7(14)3-11(4-8(15)16)1-2-12(5-9(17)18)6-10(19)20;2*5-4(1-6,2-7)3-8/h1-6H2,(H,13,14)(H,15,16)(H,17,18)(H,19,20);2*6-8H,1-3,5H2. The predicted molar refractivity (Wildman–Crippen MR) is 120 cm³/mol. The minimum Gasteiger partial charge on any atom is -0.480 e. The first-order chi connectivity index (χ1) is 16.6. The minimum absolute atomic E-state index is 0.0703. The van der Waals surface area contributed by atoms with Gasteiger partial charge in [0.2, 0.25) is 0 Å². The first-order valence-corrected chi connectivity index (χ1v) is 10.1. The van der Waals surface area contributed by atoms with Gasteiger partial charge >= 0.3 is 23.9 Å². The lowest BCUT2D eigenvalue weighted by atomic mass is 10.1. The van der Waals surface area contributed by atoms with Crippen molar-refractivity contribution >= 4 is 23.9 Å². The molecule has 0 aromatic rings. The fourth-order valence-corrected chi connectivity index (χ4v) is 1.78. The Bertz CT molecular complexity index is 541. The molecular weight excluding hydrogens is 496 g/mol. The largest absolute Gasteiger partial charge is 0.480 e. The van der Waals surface area contributed by atoms with Gasteiger partial charge in [-0.1, -0.05) is 0 Å². The summed E-state index contributed by atoms with van der Waals surface area (Å²) in [6.45, 7) is -4.67. The van der Waals surface area contributed by atoms with E-state index in [1.165, 1.54) is 0 Å². The Morgan fingerprint density at radius 1 is 0.472 bits per heavy atom. The Morgan fingerprint density at radius 2 is 0.639 bits per heavy atom. The summed E-state index contributed by atoms with van der Waals surface area (Å²) >= 11 is 0. The zero-order valence-electron chi connectivity index (χ0n) is 19.6. The SMILES string of the molecule is NC(CO)(CO)CO.NC(CO)(CO)CO.O=C(O)CN(CCN(CC(=O)O)CC(=O)O)CC(=O)O. The van der Waals surface area contributed by atoms with E-state index in [1.807, 2.05) is 0 Å². The molecule has 0 heterocycles. The lowest BCUT2D eigenvalue weighted by Crippen LogP contribution is -2.50. The van der Waals surface area contributed by atoms with Crippen molar-refractivity contribution in [1.29, 1.82) is 0 Å². The molecule has 0 aliphatic carbocycles. The van der Waals surface area contributed by atoms with Crippen LogP contribution in [0.3, 0.4) is 0 Å². The monoisotopic (exact) mass is 534 g/mol. The Labute approximate surface area is 206 Å². The van der Waals surface area contributed by atoms with Crippen molar-refractivity contribution in [2.45, 2.75) is 11.1 Å². The van der Waals surface area contributed by atoms with Crippen LogP contribution in [0.2, 0.25) is 0 Å². The highest BCUT2D eigenvalue weighted by Crippen LogP contribution is 1.95. The van der Waals surface area contributed by atoms with E-state index >= 15 is 0 Å². The van der Waals surface area contributed by atoms with Crippen molar-refractivity contribution in [2.24, 2.45) is 11.5 Å². The predicted octanol–water partition coefficient (Wildman–Crippen LogP) is -6.75. The van der Waals surface area contributed by atoms with Gasteiger partial charge < -0.3 is 62.5 Å². The number of carboxylic acid groups (broad SMARTS) is 4. The second kappa shape index (κ2) is 20.7. The van der Waals surface area contributed by atoms with Crippen LogP contribution in [0.4, 0.5) is 0 Å². The van der Waals surface area contributed by atoms with E-state index in [0.717, 1.165) is 9.80 Å². The van der Waals surface area contributed by atoms with Gasteiger partial charge in [0.25, 0.3) is 0 Å². The minimum atomic E-state index is -1.23. The third kappa shape index (κ3) is 22.0. The topological polar surface area (TPSA) is 329 Å². The van der Waals surface area contributed by atoms with Crippen LogP contribution >= 0.6 is 0 Å². The van der Waals surface area contributed by atoms with Crippen LogP contribution in [0.25, 0.3) is 0 Å². The molecule has 0 saturated heterocycles. The van der Waals surface area contributed by atoms with Crippen molar-refractivity contribution < 1.29 is 70.2 Å². The van der Waals surface area contributed by atoms with E-state index < -0.39 is 101 Å². The summed E-state index contributed by atoms with van der Waals surface area (Å²) in [6, 6.07) is 0. The summed E-state index contributed by atoms with van der Waals surface area (Å²) in [4.78, 5) is 44.4. The molecule has 18 nitrogen and oxygen atoms in total. The molecule has 0 aliphatic heterocycles. The molecule has 0 spiro atoms. The van der Waals surface area contributed by atoms with Gasteiger partial charge in [-0.05, 0) is 0 Å². The molecule has 0 saturated carbocycles. The molecule has 0 unspecified atom stereocenters. The highest BCUT2D eigenvalue weighted by atomic mass is 16.4. The highest BCUT2D eigenvalue weighted by molar-refractivity contribution is 5.73. The molecule has 0 atom stereocenters. The number of aliphatic hydroxyl groups is 6. The molecule has 0 fully saturated rings. The molecule has 0 radical (unpaired) electrons. The number of aliphatic carboxylic acids is 4. The van der Waals surface area contributed by atoms with E-state index in [9.17, 15) is 19.2 Å². The third-order valence-electron chi connectivity index (χ3n) is 4.06. The van der Waals surface area contributed by atoms with Crippen LogP contribution in [0.5, 0.6) is 0 Å². The number of nitrogens with two attached hydrogens (primary N) is 2. The molecule has 0 aliphatic rings. The Kier molecular flexibility index (Phi) is 21.8. The Balaban J connectivity index is -0.000000557. The molecule has 214 valence electrons. The number of hydrogen-bond donors (Lipinski definition) is 12. The average molecular weight is 535 g/mol. The third-order valence-corrected chi connectivity index (χ3v) is 4.06. The van der Waals surface area contributed by atoms with E-state index in [4.69, 9.17) is 62.5 Å². The zero-order valence-corrected chi connectivity index (χ0v) is 19.6. The van der Waals surface area contributed by atoms with Crippen LogP contribution < -0.4 is 11.5 Å². The summed E-state index contributed by atoms with van der Waals surface area (Å²) in [5.74, 6) is -4.91. The van der Waals surface area contributed by atoms with Crippen LogP contribution in [0.15, 0.2) is 0 Å². The van der Waals surface area contributed by atoms with Crippen molar-refractivity contribution in [3.05, 3.63) is 0 Å². The van der Waals surface area contributed by atoms with Gasteiger partial charge in [0.15, 0.2) is 0 Å². The number of aliphatic hydroxyl groups excluding tert-OH is 6. The molecular formula is C18H38N4O14. The second-order valence-electron chi connectivity index (χ2n) is 7.67. The first kappa shape index (κ1) is 38.0. The lowest BCUT2D eigenvalue weighted by molar-refractivity contribution is -0.145. The van der Waals surface area contributed by atoms with Crippen molar-refractivity contribution in [3.63, 3.8) is 0 Å². The molecule has 0 amide bonds. The fourth-order valence-electron chi connectivity index (χ4n) is 1.78. The Hall–Kier alpha value is -2.52. The normalized spacial score (nSPS) is 11.3. The average Bonchev–Trinajstić information content (AvgIpc) is 2.80. The van der Waals surface area contributed by atoms with Gasteiger partial charge in [-0.25, -0.2) is 0 Å². The van der Waals surface area contributed by atoms with Crippen molar-refractivity contribution in [3.8, 4) is 0 Å². The molecule has 0 bridgehead atoms. The molecule has 36 heavy (non-hydrogen) atoms. The zero-order chi connectivity index (χ0) is 28.9. The molecule has 18 heteroatoms. The molecule has 0 aromatic carbocycles. The number of rotatable bonds is 17. The van der Waals surface area contributed by atoms with E-state index in [0.29, 0.717) is 0 Å². The molecule has 0 aromatic heterocycles. The number of carbonyl (C=O) groups is 4. The summed E-state index contributed by atoms with van der Waals surface area (Å²) in [5.41, 5.74) is 7.88. The number of nitrogens with zero attached hydrogens (tertiary/aromatic N) is 2. The van der Waals surface area contributed by atoms with Crippen LogP contribution in [0, 0.1) is 0 Å². The number of hydrogen-bond acceptors (Lipinski definition) is 14. The summed E-state index contributed by atoms with van der Waals surface area (Å²) in [5, 5.41) is 84.5. The molecule has 14 N–H and O–H groups in total. The van der Waals surface area contributed by atoms with E-state index in [-0.39, 0.29) is 13.1 Å². The maximum Gasteiger partial charge on any atom is 0.317 e. The quantitative estimate of drug-likeness (QED) is 0.0824. The van der Waals surface area contributed by atoms with Crippen LogP contribution in [-0.4, -0.2) is 175 Å². The summed E-state index contributed by atoms with van der Waals surface area (Å²) < 4.78 is 0. The van der Waals surface area contributed by atoms with Gasteiger partial charge in [0.1, 0.15) is 0 Å². The van der Waals surface area contributed by atoms with Crippen molar-refractivity contribution in [1.82, 2.24) is 9.80 Å². The maximum atomic E-state index is 10.6. The number of carboxylic acids is 4. The lowest BCUT2D eigenvalue weighted by Gasteiger charge is -2.23. The summed E-state index contributed by atoms with van der Waals surface area (Å²) in [6.07, 6.45) is 0. The van der Waals surface area contributed by atoms with E-state index in [1.54, 1.807) is 0 Å². The van der Waals surface area contributed by atoms with E-state index in [2.05, 4.69) is 0 Å². The Morgan fingerprint density at radius 3 is 0.722 bits per heavy atom. The molecule has 0 rings (SSSR count). The van der Waals surface area contributed by atoms with Gasteiger partial charge in [-0.3, -0.25) is 29.0 Å². The second-order valence-corrected chi connectivity index (χ2v) is 7.67. The van der Waals surface area contributed by atoms with Crippen LogP contribution in [-0.2, 0) is 19.2 Å². The van der Waals surface area contributed by atoms with Crippen molar-refractivity contribution in [2.75, 3.05) is 78.9 Å². The highest BCUT2D eigenvalue weighted by Gasteiger charge is 2.21. The van der Waals surface area contributed by atoms with Gasteiger partial charge in [-0.2, -0.15) is 0 Å². The first-order valence-electron chi connectivity index (χ1n) is 10.1. The van der Waals surface area contributed by atoms with Crippen LogP contribution in [0.1, 0.15) is 0 Å². The smallest absolute Gasteiger partial charge is 0.317 e. The maximum absolute atomic E-state index is 10.6.